The Morgan fingerprint density at radius 2 is 2.64 bits per heavy atom. The summed E-state index contributed by atoms with van der Waals surface area (Å²) < 4.78 is 6.90. The molecule has 0 aliphatic carbocycles. The van der Waals surface area contributed by atoms with Gasteiger partial charge in [-0.2, -0.15) is 0 Å². The van der Waals surface area contributed by atoms with E-state index in [-0.39, 0.29) is 5.97 Å². The third kappa shape index (κ3) is 1.50. The molecule has 1 aromatic rings. The lowest BCUT2D eigenvalue weighted by molar-refractivity contribution is 0.0518. The lowest BCUT2D eigenvalue weighted by Gasteiger charge is -2.15. The molecule has 0 aromatic carbocycles. The molecule has 0 bridgehead atoms. The van der Waals surface area contributed by atoms with Crippen molar-refractivity contribution in [2.45, 2.75) is 20.0 Å². The van der Waals surface area contributed by atoms with Gasteiger partial charge < -0.3 is 14.6 Å². The van der Waals surface area contributed by atoms with Crippen LogP contribution < -0.4 is 5.32 Å². The quantitative estimate of drug-likeness (QED) is 0.683. The first-order chi connectivity index (χ1) is 6.83. The highest BCUT2D eigenvalue weighted by atomic mass is 16.5. The fraction of sp³-hybridized carbons (Fsp3) is 0.556. The highest BCUT2D eigenvalue weighted by Crippen LogP contribution is 2.11. The summed E-state index contributed by atoms with van der Waals surface area (Å²) in [6.07, 6.45) is 1.70. The molecule has 5 nitrogen and oxygen atoms in total. The van der Waals surface area contributed by atoms with Crippen molar-refractivity contribution in [2.75, 3.05) is 13.2 Å². The second-order valence-corrected chi connectivity index (χ2v) is 3.13. The number of imidazole rings is 1. The number of esters is 1. The zero-order chi connectivity index (χ0) is 9.97. The van der Waals surface area contributed by atoms with E-state index in [4.69, 9.17) is 4.74 Å². The standard InChI is InChI=1S/C9H13N3O2/c1-2-14-9(13)8-7-5-10-3-4-12(7)6-11-8/h6,10H,2-5H2,1H3. The number of aromatic nitrogens is 2. The molecule has 2 rings (SSSR count). The van der Waals surface area contributed by atoms with Crippen LogP contribution in [0.1, 0.15) is 23.1 Å². The van der Waals surface area contributed by atoms with Crippen molar-refractivity contribution in [3.63, 3.8) is 0 Å². The summed E-state index contributed by atoms with van der Waals surface area (Å²) in [6.45, 7) is 4.65. The molecule has 1 aromatic heterocycles. The molecule has 1 aliphatic heterocycles. The molecule has 0 unspecified atom stereocenters. The first-order valence-electron chi connectivity index (χ1n) is 4.74. The lowest BCUT2D eigenvalue weighted by atomic mass is 10.3. The minimum absolute atomic E-state index is 0.329. The first-order valence-corrected chi connectivity index (χ1v) is 4.74. The van der Waals surface area contributed by atoms with E-state index in [9.17, 15) is 4.79 Å². The molecule has 0 saturated carbocycles. The average molecular weight is 195 g/mol. The van der Waals surface area contributed by atoms with Gasteiger partial charge in [-0.05, 0) is 6.92 Å². The minimum Gasteiger partial charge on any atom is -0.461 e. The van der Waals surface area contributed by atoms with Crippen LogP contribution in [0.3, 0.4) is 0 Å². The monoisotopic (exact) mass is 195 g/mol. The van der Waals surface area contributed by atoms with Crippen LogP contribution in [0, 0.1) is 0 Å². The van der Waals surface area contributed by atoms with Gasteiger partial charge in [-0.3, -0.25) is 0 Å². The number of hydrogen-bond acceptors (Lipinski definition) is 4. The average Bonchev–Trinajstić information content (AvgIpc) is 2.61. The normalized spacial score (nSPS) is 14.9. The summed E-state index contributed by atoms with van der Waals surface area (Å²) in [7, 11) is 0. The third-order valence-electron chi connectivity index (χ3n) is 2.24. The van der Waals surface area contributed by atoms with Gasteiger partial charge in [0.1, 0.15) is 0 Å². The first kappa shape index (κ1) is 9.21. The predicted octanol–water partition coefficient (Wildman–Crippen LogP) is 0.163. The number of carbonyl (C=O) groups is 1. The second kappa shape index (κ2) is 3.79. The molecule has 0 saturated heterocycles. The summed E-state index contributed by atoms with van der Waals surface area (Å²) in [5.74, 6) is -0.329. The van der Waals surface area contributed by atoms with Crippen LogP contribution in [0.15, 0.2) is 6.33 Å². The zero-order valence-corrected chi connectivity index (χ0v) is 8.12. The Morgan fingerprint density at radius 3 is 3.43 bits per heavy atom. The van der Waals surface area contributed by atoms with Gasteiger partial charge >= 0.3 is 5.97 Å². The van der Waals surface area contributed by atoms with Gasteiger partial charge in [-0.15, -0.1) is 0 Å². The SMILES string of the molecule is CCOC(=O)c1ncn2c1CNCC2. The van der Waals surface area contributed by atoms with Gasteiger partial charge in [-0.1, -0.05) is 0 Å². The number of ether oxygens (including phenoxy) is 1. The Hall–Kier alpha value is -1.36. The van der Waals surface area contributed by atoms with E-state index in [0.717, 1.165) is 18.8 Å². The Kier molecular flexibility index (Phi) is 2.49. The van der Waals surface area contributed by atoms with Crippen molar-refractivity contribution in [3.8, 4) is 0 Å². The Morgan fingerprint density at radius 1 is 1.79 bits per heavy atom. The van der Waals surface area contributed by atoms with Crippen molar-refractivity contribution < 1.29 is 9.53 Å². The van der Waals surface area contributed by atoms with Crippen LogP contribution in [0.5, 0.6) is 0 Å². The molecular weight excluding hydrogens is 182 g/mol. The topological polar surface area (TPSA) is 56.1 Å². The fourth-order valence-electron chi connectivity index (χ4n) is 1.56. The molecule has 1 N–H and O–H groups in total. The summed E-state index contributed by atoms with van der Waals surface area (Å²) >= 11 is 0. The predicted molar refractivity (Wildman–Crippen MR) is 49.9 cm³/mol. The zero-order valence-electron chi connectivity index (χ0n) is 8.12. The van der Waals surface area contributed by atoms with Gasteiger partial charge in [0.2, 0.25) is 0 Å². The molecule has 5 heteroatoms. The van der Waals surface area contributed by atoms with E-state index in [2.05, 4.69) is 10.3 Å². The number of nitrogens with zero attached hydrogens (tertiary/aromatic N) is 2. The highest BCUT2D eigenvalue weighted by Gasteiger charge is 2.20. The number of rotatable bonds is 2. The molecule has 0 amide bonds. The molecule has 0 spiro atoms. The maximum Gasteiger partial charge on any atom is 0.358 e. The van der Waals surface area contributed by atoms with Crippen LogP contribution >= 0.6 is 0 Å². The Bertz CT molecular complexity index is 346. The van der Waals surface area contributed by atoms with Gasteiger partial charge in [0.05, 0.1) is 18.6 Å². The van der Waals surface area contributed by atoms with Crippen LogP contribution in [0.2, 0.25) is 0 Å². The largest absolute Gasteiger partial charge is 0.461 e. The van der Waals surface area contributed by atoms with Crippen molar-refractivity contribution in [1.82, 2.24) is 14.9 Å². The number of carbonyl (C=O) groups excluding carboxylic acids is 1. The van der Waals surface area contributed by atoms with Crippen LogP contribution in [-0.4, -0.2) is 28.7 Å². The van der Waals surface area contributed by atoms with Gasteiger partial charge in [-0.25, -0.2) is 9.78 Å². The van der Waals surface area contributed by atoms with E-state index in [1.807, 2.05) is 4.57 Å². The van der Waals surface area contributed by atoms with Crippen LogP contribution in [-0.2, 0) is 17.8 Å². The van der Waals surface area contributed by atoms with Crippen LogP contribution in [0.4, 0.5) is 0 Å². The molecule has 0 radical (unpaired) electrons. The molecule has 76 valence electrons. The van der Waals surface area contributed by atoms with Gasteiger partial charge in [0, 0.05) is 19.6 Å². The summed E-state index contributed by atoms with van der Waals surface area (Å²) in [5.41, 5.74) is 1.37. The molecular formula is C9H13N3O2. The summed E-state index contributed by atoms with van der Waals surface area (Å²) in [5, 5.41) is 3.20. The van der Waals surface area contributed by atoms with E-state index >= 15 is 0 Å². The molecule has 0 fully saturated rings. The van der Waals surface area contributed by atoms with E-state index in [0.29, 0.717) is 18.8 Å². The molecule has 2 heterocycles. The van der Waals surface area contributed by atoms with E-state index in [1.165, 1.54) is 0 Å². The highest BCUT2D eigenvalue weighted by molar-refractivity contribution is 5.88. The number of nitrogens with one attached hydrogen (secondary N) is 1. The van der Waals surface area contributed by atoms with Crippen molar-refractivity contribution >= 4 is 5.97 Å². The maximum absolute atomic E-state index is 11.5. The minimum atomic E-state index is -0.329. The number of hydrogen-bond donors (Lipinski definition) is 1. The van der Waals surface area contributed by atoms with Gasteiger partial charge in [0.25, 0.3) is 0 Å². The van der Waals surface area contributed by atoms with Gasteiger partial charge in [0.15, 0.2) is 5.69 Å². The number of fused-ring (bicyclic) bond motifs is 1. The fourth-order valence-corrected chi connectivity index (χ4v) is 1.56. The third-order valence-corrected chi connectivity index (χ3v) is 2.24. The molecule has 1 aliphatic rings. The smallest absolute Gasteiger partial charge is 0.358 e. The van der Waals surface area contributed by atoms with E-state index < -0.39 is 0 Å². The van der Waals surface area contributed by atoms with Crippen molar-refractivity contribution in [2.24, 2.45) is 0 Å². The maximum atomic E-state index is 11.5. The molecule has 14 heavy (non-hydrogen) atoms. The lowest BCUT2D eigenvalue weighted by Crippen LogP contribution is -2.28. The van der Waals surface area contributed by atoms with E-state index in [1.54, 1.807) is 13.3 Å². The Labute approximate surface area is 82.1 Å². The molecule has 0 atom stereocenters. The summed E-state index contributed by atoms with van der Waals surface area (Å²) in [4.78, 5) is 15.5. The summed E-state index contributed by atoms with van der Waals surface area (Å²) in [6, 6.07) is 0. The Balaban J connectivity index is 2.25. The van der Waals surface area contributed by atoms with Crippen LogP contribution in [0.25, 0.3) is 0 Å². The van der Waals surface area contributed by atoms with Crippen molar-refractivity contribution in [1.29, 1.82) is 0 Å². The van der Waals surface area contributed by atoms with Crippen molar-refractivity contribution in [3.05, 3.63) is 17.7 Å². The second-order valence-electron chi connectivity index (χ2n) is 3.13.